The third-order valence-corrected chi connectivity index (χ3v) is 5.45. The molecule has 156 valence electrons. The molecule has 11 heteroatoms. The monoisotopic (exact) mass is 528 g/mol. The van der Waals surface area contributed by atoms with Crippen molar-refractivity contribution in [3.05, 3.63) is 34.0 Å². The lowest BCUT2D eigenvalue weighted by atomic mass is 10.0. The Hall–Kier alpha value is -1.37. The summed E-state index contributed by atoms with van der Waals surface area (Å²) in [7, 11) is 3.64. The predicted octanol–water partition coefficient (Wildman–Crippen LogP) is 3.20. The van der Waals surface area contributed by atoms with E-state index in [4.69, 9.17) is 0 Å². The number of aryl methyl sites for hydroxylation is 1. The maximum absolute atomic E-state index is 12.6. The molecule has 2 aromatic rings. The molecule has 1 atom stereocenters. The molecule has 28 heavy (non-hydrogen) atoms. The average Bonchev–Trinajstić information content (AvgIpc) is 3.33. The van der Waals surface area contributed by atoms with Crippen LogP contribution in [0.3, 0.4) is 0 Å². The van der Waals surface area contributed by atoms with Crippen molar-refractivity contribution in [3.63, 3.8) is 0 Å². The molecule has 0 saturated carbocycles. The first-order valence-corrected chi connectivity index (χ1v) is 9.68. The molecule has 0 spiro atoms. The highest BCUT2D eigenvalue weighted by atomic mass is 127. The van der Waals surface area contributed by atoms with E-state index in [1.54, 1.807) is 7.05 Å². The summed E-state index contributed by atoms with van der Waals surface area (Å²) < 4.78 is 39.6. The van der Waals surface area contributed by atoms with Crippen molar-refractivity contribution in [1.29, 1.82) is 0 Å². The highest BCUT2D eigenvalue weighted by Crippen LogP contribution is 2.30. The number of aromatic nitrogens is 3. The van der Waals surface area contributed by atoms with Crippen LogP contribution in [0.1, 0.15) is 22.7 Å². The van der Waals surface area contributed by atoms with Gasteiger partial charge in [-0.3, -0.25) is 9.67 Å². The molecule has 0 radical (unpaired) electrons. The van der Waals surface area contributed by atoms with Crippen LogP contribution in [0.5, 0.6) is 0 Å². The summed E-state index contributed by atoms with van der Waals surface area (Å²) in [6.07, 6.45) is 2.07. The zero-order chi connectivity index (χ0) is 19.4. The van der Waals surface area contributed by atoms with Gasteiger partial charge in [0, 0.05) is 51.7 Å². The van der Waals surface area contributed by atoms with Gasteiger partial charge in [0.15, 0.2) is 11.7 Å². The molecule has 0 aromatic carbocycles. The van der Waals surface area contributed by atoms with Crippen LogP contribution in [0.2, 0.25) is 0 Å². The third-order valence-electron chi connectivity index (χ3n) is 4.54. The number of hydrogen-bond donors (Lipinski definition) is 1. The number of alkyl halides is 3. The molecule has 0 aliphatic carbocycles. The van der Waals surface area contributed by atoms with E-state index in [-0.39, 0.29) is 24.0 Å². The fourth-order valence-electron chi connectivity index (χ4n) is 3.27. The van der Waals surface area contributed by atoms with Crippen molar-refractivity contribution in [1.82, 2.24) is 25.0 Å². The SMILES string of the molecule is CN=C(NCCc1nc(C(F)(F)F)cs1)N1CCC(Cc2cnn(C)c2)C1.I. The Bertz CT molecular complexity index is 788. The minimum absolute atomic E-state index is 0. The number of hydrogen-bond acceptors (Lipinski definition) is 4. The Balaban J connectivity index is 0.00000280. The van der Waals surface area contributed by atoms with Crippen LogP contribution in [0, 0.1) is 5.92 Å². The molecule has 2 aromatic heterocycles. The van der Waals surface area contributed by atoms with Crippen molar-refractivity contribution in [2.24, 2.45) is 18.0 Å². The van der Waals surface area contributed by atoms with Gasteiger partial charge in [-0.05, 0) is 24.3 Å². The normalized spacial score (nSPS) is 17.7. The number of aliphatic imine (C=N–C) groups is 1. The van der Waals surface area contributed by atoms with Gasteiger partial charge in [0.25, 0.3) is 0 Å². The van der Waals surface area contributed by atoms with E-state index < -0.39 is 11.9 Å². The minimum Gasteiger partial charge on any atom is -0.356 e. The summed E-state index contributed by atoms with van der Waals surface area (Å²) in [6.45, 7) is 2.32. The van der Waals surface area contributed by atoms with Crippen LogP contribution in [-0.2, 0) is 26.1 Å². The van der Waals surface area contributed by atoms with E-state index in [1.807, 2.05) is 24.1 Å². The molecule has 1 fully saturated rings. The van der Waals surface area contributed by atoms with E-state index in [9.17, 15) is 13.2 Å². The molecule has 6 nitrogen and oxygen atoms in total. The maximum Gasteiger partial charge on any atom is 0.434 e. The average molecular weight is 528 g/mol. The van der Waals surface area contributed by atoms with E-state index in [0.29, 0.717) is 23.9 Å². The first-order valence-electron chi connectivity index (χ1n) is 8.80. The number of halogens is 4. The zero-order valence-electron chi connectivity index (χ0n) is 15.7. The molecule has 3 heterocycles. The largest absolute Gasteiger partial charge is 0.434 e. The smallest absolute Gasteiger partial charge is 0.356 e. The van der Waals surface area contributed by atoms with Crippen molar-refractivity contribution in [3.8, 4) is 0 Å². The van der Waals surface area contributed by atoms with E-state index in [0.717, 1.165) is 48.6 Å². The van der Waals surface area contributed by atoms with E-state index in [1.165, 1.54) is 5.56 Å². The Kier molecular flexibility index (Phi) is 8.10. The van der Waals surface area contributed by atoms with Crippen molar-refractivity contribution in [2.45, 2.75) is 25.4 Å². The molecule has 0 amide bonds. The van der Waals surface area contributed by atoms with E-state index >= 15 is 0 Å². The number of guanidine groups is 1. The van der Waals surface area contributed by atoms with Crippen LogP contribution in [0.25, 0.3) is 0 Å². The summed E-state index contributed by atoms with van der Waals surface area (Å²) in [6, 6.07) is 0. The van der Waals surface area contributed by atoms with Gasteiger partial charge in [0.2, 0.25) is 0 Å². The van der Waals surface area contributed by atoms with Crippen molar-refractivity contribution in [2.75, 3.05) is 26.7 Å². The third kappa shape index (κ3) is 6.06. The van der Waals surface area contributed by atoms with Gasteiger partial charge in [-0.25, -0.2) is 4.98 Å². The summed E-state index contributed by atoms with van der Waals surface area (Å²) >= 11 is 1.04. The first kappa shape index (κ1) is 22.9. The van der Waals surface area contributed by atoms with Gasteiger partial charge in [0.1, 0.15) is 0 Å². The fourth-order valence-corrected chi connectivity index (χ4v) is 4.08. The highest BCUT2D eigenvalue weighted by Gasteiger charge is 2.33. The summed E-state index contributed by atoms with van der Waals surface area (Å²) in [5.74, 6) is 1.33. The van der Waals surface area contributed by atoms with E-state index in [2.05, 4.69) is 25.3 Å². The summed E-state index contributed by atoms with van der Waals surface area (Å²) in [5.41, 5.74) is 0.418. The molecular formula is C17H24F3IN6S. The van der Waals surface area contributed by atoms with Crippen LogP contribution in [-0.4, -0.2) is 52.3 Å². The molecule has 1 aliphatic rings. The standard InChI is InChI=1S/C17H23F3N6S.HI/c1-21-16(22-5-3-15-24-14(11-27-15)17(18,19)20)26-6-4-12(10-26)7-13-8-23-25(2)9-13;/h8-9,11-12H,3-7,10H2,1-2H3,(H,21,22);1H. The molecule has 1 N–H and O–H groups in total. The van der Waals surface area contributed by atoms with Gasteiger partial charge < -0.3 is 10.2 Å². The number of nitrogens with zero attached hydrogens (tertiary/aromatic N) is 5. The van der Waals surface area contributed by atoms with Crippen LogP contribution in [0.4, 0.5) is 13.2 Å². The number of likely N-dealkylation sites (tertiary alicyclic amines) is 1. The zero-order valence-corrected chi connectivity index (χ0v) is 18.9. The second-order valence-electron chi connectivity index (χ2n) is 6.68. The minimum atomic E-state index is -4.38. The Morgan fingerprint density at radius 1 is 1.43 bits per heavy atom. The molecule has 0 bridgehead atoms. The lowest BCUT2D eigenvalue weighted by Crippen LogP contribution is -2.41. The van der Waals surface area contributed by atoms with Crippen molar-refractivity contribution >= 4 is 41.3 Å². The Labute approximate surface area is 183 Å². The second kappa shape index (κ2) is 9.90. The Morgan fingerprint density at radius 3 is 2.82 bits per heavy atom. The molecular weight excluding hydrogens is 504 g/mol. The highest BCUT2D eigenvalue weighted by molar-refractivity contribution is 14.0. The quantitative estimate of drug-likeness (QED) is 0.368. The number of nitrogens with one attached hydrogen (secondary N) is 1. The number of thiazole rings is 1. The molecule has 3 rings (SSSR count). The van der Waals surface area contributed by atoms with Gasteiger partial charge in [-0.1, -0.05) is 0 Å². The summed E-state index contributed by atoms with van der Waals surface area (Å²) in [4.78, 5) is 10.2. The Morgan fingerprint density at radius 2 is 2.21 bits per heavy atom. The topological polar surface area (TPSA) is 58.3 Å². The molecule has 1 aliphatic heterocycles. The molecule has 1 saturated heterocycles. The van der Waals surface area contributed by atoms with Gasteiger partial charge in [-0.15, -0.1) is 35.3 Å². The van der Waals surface area contributed by atoms with Crippen LogP contribution in [0.15, 0.2) is 22.8 Å². The second-order valence-corrected chi connectivity index (χ2v) is 7.62. The fraction of sp³-hybridized carbons (Fsp3) is 0.588. The van der Waals surface area contributed by atoms with Crippen molar-refractivity contribution < 1.29 is 13.2 Å². The van der Waals surface area contributed by atoms with Crippen LogP contribution < -0.4 is 5.32 Å². The first-order chi connectivity index (χ1) is 12.8. The van der Waals surface area contributed by atoms with Crippen LogP contribution >= 0.6 is 35.3 Å². The lowest BCUT2D eigenvalue weighted by Gasteiger charge is -2.21. The maximum atomic E-state index is 12.6. The summed E-state index contributed by atoms with van der Waals surface area (Å²) in [5, 5.41) is 8.98. The predicted molar refractivity (Wildman–Crippen MR) is 114 cm³/mol. The lowest BCUT2D eigenvalue weighted by molar-refractivity contribution is -0.140. The van der Waals surface area contributed by atoms with Gasteiger partial charge in [-0.2, -0.15) is 18.3 Å². The van der Waals surface area contributed by atoms with Gasteiger partial charge >= 0.3 is 6.18 Å². The number of rotatable bonds is 5. The molecule has 1 unspecified atom stereocenters. The van der Waals surface area contributed by atoms with Gasteiger partial charge in [0.05, 0.1) is 11.2 Å².